The largest absolute Gasteiger partial charge is 0.513 e. The van der Waals surface area contributed by atoms with Gasteiger partial charge in [0.15, 0.2) is 0 Å². The number of carbonyl (C=O) groups excluding carboxylic acids is 1. The van der Waals surface area contributed by atoms with Crippen LogP contribution in [-0.2, 0) is 9.47 Å². The number of rotatable bonds is 13. The molecule has 8 nitrogen and oxygen atoms in total. The first-order valence-corrected chi connectivity index (χ1v) is 12.7. The molecule has 0 aromatic heterocycles. The van der Waals surface area contributed by atoms with E-state index in [1.807, 2.05) is 0 Å². The maximum absolute atomic E-state index is 11.6. The van der Waals surface area contributed by atoms with Gasteiger partial charge in [-0.1, -0.05) is 34.9 Å². The number of hydrogen-bond donors (Lipinski definition) is 0. The Labute approximate surface area is 185 Å². The van der Waals surface area contributed by atoms with Gasteiger partial charge in [-0.05, 0) is 37.9 Å². The molecule has 1 heterocycles. The fraction of sp³-hybridized carbons (Fsp3) is 0.650. The number of nitro benzene ring substituents is 1. The number of ether oxygens (including phenoxy) is 3. The van der Waals surface area contributed by atoms with E-state index in [1.54, 1.807) is 21.6 Å². The molecule has 1 aliphatic rings. The average molecular weight is 459 g/mol. The topological polar surface area (TPSA) is 91.1 Å². The summed E-state index contributed by atoms with van der Waals surface area (Å²) in [4.78, 5) is 24.2. The molecule has 1 saturated heterocycles. The summed E-state index contributed by atoms with van der Waals surface area (Å²) in [6, 6.07) is 5.98. The maximum Gasteiger partial charge on any atom is 0.513 e. The first-order valence-electron chi connectivity index (χ1n) is 10.3. The summed E-state index contributed by atoms with van der Waals surface area (Å²) in [6.07, 6.45) is 4.36. The van der Waals surface area contributed by atoms with Gasteiger partial charge in [-0.2, -0.15) is 0 Å². The van der Waals surface area contributed by atoms with Gasteiger partial charge in [0.2, 0.25) is 0 Å². The van der Waals surface area contributed by atoms with Gasteiger partial charge in [-0.25, -0.2) is 4.79 Å². The van der Waals surface area contributed by atoms with Crippen molar-refractivity contribution in [2.24, 2.45) is 0 Å². The van der Waals surface area contributed by atoms with Gasteiger partial charge in [0.25, 0.3) is 5.69 Å². The average Bonchev–Trinajstić information content (AvgIpc) is 2.75. The van der Waals surface area contributed by atoms with Crippen molar-refractivity contribution in [1.29, 1.82) is 0 Å². The van der Waals surface area contributed by atoms with Crippen LogP contribution in [0.15, 0.2) is 24.3 Å². The Bertz CT molecular complexity index is 647. The molecule has 0 amide bonds. The molecule has 1 aromatic rings. The molecule has 10 heteroatoms. The van der Waals surface area contributed by atoms with E-state index in [0.29, 0.717) is 12.4 Å². The molecule has 1 aliphatic heterocycles. The van der Waals surface area contributed by atoms with Gasteiger partial charge < -0.3 is 14.2 Å². The number of likely N-dealkylation sites (tertiary alicyclic amines) is 1. The molecule has 0 N–H and O–H groups in total. The van der Waals surface area contributed by atoms with Crippen LogP contribution in [0.2, 0.25) is 0 Å². The Kier molecular flexibility index (Phi) is 12.0. The minimum atomic E-state index is -0.819. The lowest BCUT2D eigenvalue weighted by Gasteiger charge is -2.35. The molecule has 0 radical (unpaired) electrons. The van der Waals surface area contributed by atoms with Crippen molar-refractivity contribution in [2.45, 2.75) is 38.6 Å². The smallest absolute Gasteiger partial charge is 0.433 e. The summed E-state index contributed by atoms with van der Waals surface area (Å²) in [6.45, 7) is 6.19. The zero-order valence-corrected chi connectivity index (χ0v) is 19.0. The van der Waals surface area contributed by atoms with Crippen LogP contribution in [0, 0.1) is 10.1 Å². The molecule has 0 saturated carbocycles. The van der Waals surface area contributed by atoms with Crippen molar-refractivity contribution in [1.82, 2.24) is 4.90 Å². The number of nitrogens with zero attached hydrogens (tertiary/aromatic N) is 2. The van der Waals surface area contributed by atoms with Crippen LogP contribution in [0.5, 0.6) is 5.75 Å². The SMILES string of the molecule is CCC1CCCCN1CCOCCSSCCOC(=O)Oc1ccc([N+](=O)[O-])cc1. The first-order chi connectivity index (χ1) is 14.6. The summed E-state index contributed by atoms with van der Waals surface area (Å²) in [5.74, 6) is 1.74. The molecule has 0 bridgehead atoms. The molecule has 0 aliphatic carbocycles. The van der Waals surface area contributed by atoms with Crippen molar-refractivity contribution in [3.63, 3.8) is 0 Å². The summed E-state index contributed by atoms with van der Waals surface area (Å²) in [5.41, 5.74) is -0.0650. The second-order valence-electron chi connectivity index (χ2n) is 6.80. The van der Waals surface area contributed by atoms with Crippen LogP contribution >= 0.6 is 21.6 Å². The van der Waals surface area contributed by atoms with Crippen LogP contribution in [0.25, 0.3) is 0 Å². The van der Waals surface area contributed by atoms with Crippen LogP contribution in [0.1, 0.15) is 32.6 Å². The molecule has 1 fully saturated rings. The lowest BCUT2D eigenvalue weighted by atomic mass is 10.0. The minimum Gasteiger partial charge on any atom is -0.433 e. The third-order valence-corrected chi connectivity index (χ3v) is 7.11. The van der Waals surface area contributed by atoms with Crippen LogP contribution < -0.4 is 4.74 Å². The van der Waals surface area contributed by atoms with Gasteiger partial charge in [0.1, 0.15) is 12.4 Å². The first kappa shape index (κ1) is 24.8. The minimum absolute atomic E-state index is 0.0650. The van der Waals surface area contributed by atoms with Crippen LogP contribution in [0.3, 0.4) is 0 Å². The number of piperidine rings is 1. The van der Waals surface area contributed by atoms with Gasteiger partial charge >= 0.3 is 6.16 Å². The summed E-state index contributed by atoms with van der Waals surface area (Å²) in [5, 5.41) is 10.6. The van der Waals surface area contributed by atoms with E-state index >= 15 is 0 Å². The Hall–Kier alpha value is -1.49. The Balaban J connectivity index is 1.42. The molecule has 1 aromatic carbocycles. The van der Waals surface area contributed by atoms with Crippen molar-refractivity contribution in [2.75, 3.05) is 44.4 Å². The Morgan fingerprint density at radius 3 is 2.60 bits per heavy atom. The summed E-state index contributed by atoms with van der Waals surface area (Å²) in [7, 11) is 3.30. The third-order valence-electron chi connectivity index (χ3n) is 4.77. The normalized spacial score (nSPS) is 16.9. The fourth-order valence-electron chi connectivity index (χ4n) is 3.23. The predicted molar refractivity (Wildman–Crippen MR) is 120 cm³/mol. The number of benzene rings is 1. The lowest BCUT2D eigenvalue weighted by Crippen LogP contribution is -2.41. The highest BCUT2D eigenvalue weighted by molar-refractivity contribution is 8.76. The standard InChI is InChI=1S/C20H30N2O6S2/c1-2-17-5-3-4-10-21(17)11-12-26-13-15-29-30-16-14-27-20(23)28-19-8-6-18(7-9-19)22(24)25/h6-9,17H,2-5,10-16H2,1H3. The third kappa shape index (κ3) is 9.55. The van der Waals surface area contributed by atoms with E-state index in [2.05, 4.69) is 11.8 Å². The number of carbonyl (C=O) groups is 1. The fourth-order valence-corrected chi connectivity index (χ4v) is 4.92. The Morgan fingerprint density at radius 2 is 1.90 bits per heavy atom. The summed E-state index contributed by atoms with van der Waals surface area (Å²) >= 11 is 0. The van der Waals surface area contributed by atoms with Gasteiger partial charge in [0.05, 0.1) is 18.1 Å². The van der Waals surface area contributed by atoms with E-state index in [9.17, 15) is 14.9 Å². The maximum atomic E-state index is 11.6. The van der Waals surface area contributed by atoms with E-state index in [1.165, 1.54) is 56.5 Å². The molecule has 1 unspecified atom stereocenters. The van der Waals surface area contributed by atoms with E-state index in [4.69, 9.17) is 14.2 Å². The molecule has 1 atom stereocenters. The van der Waals surface area contributed by atoms with E-state index < -0.39 is 11.1 Å². The molecule has 2 rings (SSSR count). The van der Waals surface area contributed by atoms with Crippen molar-refractivity contribution >= 4 is 33.4 Å². The predicted octanol–water partition coefficient (Wildman–Crippen LogP) is 4.77. The van der Waals surface area contributed by atoms with Gasteiger partial charge in [-0.3, -0.25) is 15.0 Å². The molecular weight excluding hydrogens is 428 g/mol. The lowest BCUT2D eigenvalue weighted by molar-refractivity contribution is -0.384. The number of hydrogen-bond acceptors (Lipinski definition) is 9. The number of nitro groups is 1. The van der Waals surface area contributed by atoms with Crippen molar-refractivity contribution < 1.29 is 23.9 Å². The van der Waals surface area contributed by atoms with Crippen molar-refractivity contribution in [3.05, 3.63) is 34.4 Å². The zero-order chi connectivity index (χ0) is 21.6. The van der Waals surface area contributed by atoms with Crippen molar-refractivity contribution in [3.8, 4) is 5.75 Å². The monoisotopic (exact) mass is 458 g/mol. The van der Waals surface area contributed by atoms with E-state index in [0.717, 1.165) is 24.9 Å². The molecule has 168 valence electrons. The highest BCUT2D eigenvalue weighted by atomic mass is 33.1. The second kappa shape index (κ2) is 14.5. The number of non-ortho nitro benzene ring substituents is 1. The van der Waals surface area contributed by atoms with Gasteiger partial charge in [0, 0.05) is 36.2 Å². The Morgan fingerprint density at radius 1 is 1.17 bits per heavy atom. The summed E-state index contributed by atoms with van der Waals surface area (Å²) < 4.78 is 15.7. The second-order valence-corrected chi connectivity index (χ2v) is 9.50. The van der Waals surface area contributed by atoms with Crippen LogP contribution in [0.4, 0.5) is 10.5 Å². The van der Waals surface area contributed by atoms with Gasteiger partial charge in [-0.15, -0.1) is 0 Å². The molecule has 30 heavy (non-hydrogen) atoms. The molecule has 0 spiro atoms. The van der Waals surface area contributed by atoms with Crippen LogP contribution in [-0.4, -0.2) is 66.4 Å². The highest BCUT2D eigenvalue weighted by Gasteiger charge is 2.19. The zero-order valence-electron chi connectivity index (χ0n) is 17.3. The molecular formula is C20H30N2O6S2. The van der Waals surface area contributed by atoms with E-state index in [-0.39, 0.29) is 18.0 Å². The quantitative estimate of drug-likeness (QED) is 0.103. The highest BCUT2D eigenvalue weighted by Crippen LogP contribution is 2.21.